The van der Waals surface area contributed by atoms with E-state index in [-0.39, 0.29) is 5.69 Å². The van der Waals surface area contributed by atoms with Crippen LogP contribution in [0.15, 0.2) is 29.6 Å². The summed E-state index contributed by atoms with van der Waals surface area (Å²) in [6.07, 6.45) is -5.66. The molecule has 0 saturated carbocycles. The predicted molar refractivity (Wildman–Crippen MR) is 90.8 cm³/mol. The molecule has 28 heavy (non-hydrogen) atoms. The lowest BCUT2D eigenvalue weighted by molar-refractivity contribution is -0.343. The summed E-state index contributed by atoms with van der Waals surface area (Å²) in [7, 11) is 0. The number of benzene rings is 1. The lowest BCUT2D eigenvalue weighted by atomic mass is 9.97. The lowest BCUT2D eigenvalue weighted by Gasteiger charge is -2.26. The molecule has 154 valence electrons. The number of alkyl halides is 7. The van der Waals surface area contributed by atoms with E-state index in [4.69, 9.17) is 0 Å². The van der Waals surface area contributed by atoms with Crippen LogP contribution in [0.3, 0.4) is 0 Å². The normalized spacial score (nSPS) is 14.0. The average Bonchev–Trinajstić information content (AvgIpc) is 3.08. The van der Waals surface area contributed by atoms with Gasteiger partial charge in [0.25, 0.3) is 0 Å². The fraction of sp³-hybridized carbons (Fsp3) is 0.412. The summed E-state index contributed by atoms with van der Waals surface area (Å²) < 4.78 is 89.0. The molecule has 0 aliphatic heterocycles. The monoisotopic (exact) mass is 428 g/mol. The maximum atomic E-state index is 13.4. The van der Waals surface area contributed by atoms with Crippen molar-refractivity contribution in [2.45, 2.75) is 44.2 Å². The van der Waals surface area contributed by atoms with Gasteiger partial charge in [-0.15, -0.1) is 11.3 Å². The van der Waals surface area contributed by atoms with Gasteiger partial charge in [-0.05, 0) is 17.9 Å². The molecule has 1 unspecified atom stereocenters. The average molecular weight is 428 g/mol. The van der Waals surface area contributed by atoms with Gasteiger partial charge >= 0.3 is 23.9 Å². The Kier molecular flexibility index (Phi) is 6.07. The molecule has 1 aromatic heterocycles. The summed E-state index contributed by atoms with van der Waals surface area (Å²) in [4.78, 5) is 15.2. The third kappa shape index (κ3) is 4.13. The predicted octanol–water partition coefficient (Wildman–Crippen LogP) is 6.10. The fourth-order valence-electron chi connectivity index (χ4n) is 2.18. The van der Waals surface area contributed by atoms with Gasteiger partial charge in [0.2, 0.25) is 0 Å². The van der Waals surface area contributed by atoms with Crippen molar-refractivity contribution in [2.24, 2.45) is 0 Å². The van der Waals surface area contributed by atoms with Crippen molar-refractivity contribution in [3.8, 4) is 11.3 Å². The van der Waals surface area contributed by atoms with E-state index >= 15 is 0 Å². The molecule has 1 amide bonds. The van der Waals surface area contributed by atoms with Gasteiger partial charge in [-0.25, -0.2) is 4.98 Å². The molecular formula is C17H15F7N2OS. The number of carbonyl (C=O) groups is 1. The Morgan fingerprint density at radius 3 is 2.18 bits per heavy atom. The first-order chi connectivity index (χ1) is 12.8. The van der Waals surface area contributed by atoms with Gasteiger partial charge in [0.1, 0.15) is 0 Å². The minimum absolute atomic E-state index is 0.252. The number of nitrogens with one attached hydrogen (secondary N) is 1. The maximum absolute atomic E-state index is 13.4. The molecule has 0 bridgehead atoms. The van der Waals surface area contributed by atoms with Crippen LogP contribution in [0.5, 0.6) is 0 Å². The van der Waals surface area contributed by atoms with Crippen LogP contribution in [-0.4, -0.2) is 28.9 Å². The Bertz CT molecular complexity index is 831. The molecule has 0 spiro atoms. The number of rotatable bonds is 6. The van der Waals surface area contributed by atoms with Crippen LogP contribution in [-0.2, 0) is 4.79 Å². The molecule has 0 aliphatic carbocycles. The maximum Gasteiger partial charge on any atom is 0.460 e. The minimum atomic E-state index is -6.58. The quantitative estimate of drug-likeness (QED) is 0.566. The second kappa shape index (κ2) is 7.69. The number of aromatic nitrogens is 1. The molecule has 1 N–H and O–H groups in total. The molecule has 2 rings (SSSR count). The lowest BCUT2D eigenvalue weighted by Crippen LogP contribution is -2.57. The van der Waals surface area contributed by atoms with E-state index < -0.39 is 29.1 Å². The summed E-state index contributed by atoms with van der Waals surface area (Å²) in [5.74, 6) is -15.0. The molecule has 1 atom stereocenters. The van der Waals surface area contributed by atoms with Gasteiger partial charge in [-0.2, -0.15) is 30.7 Å². The second-order valence-electron chi connectivity index (χ2n) is 6.07. The number of hydrogen-bond donors (Lipinski definition) is 1. The SMILES string of the molecule is CCC(C)c1ccc(-c2csc(NC(=O)C(F)(F)C(F)(F)C(F)(F)F)n2)cc1. The molecule has 3 nitrogen and oxygen atoms in total. The molecule has 0 aliphatic rings. The second-order valence-corrected chi connectivity index (χ2v) is 6.93. The molecular weight excluding hydrogens is 413 g/mol. The third-order valence-electron chi connectivity index (χ3n) is 4.15. The summed E-state index contributed by atoms with van der Waals surface area (Å²) >= 11 is 0.619. The van der Waals surface area contributed by atoms with Crippen LogP contribution < -0.4 is 5.32 Å². The number of amides is 1. The van der Waals surface area contributed by atoms with Crippen LogP contribution in [0.4, 0.5) is 35.9 Å². The van der Waals surface area contributed by atoms with Crippen LogP contribution in [0.2, 0.25) is 0 Å². The van der Waals surface area contributed by atoms with Gasteiger partial charge in [-0.1, -0.05) is 38.1 Å². The molecule has 0 saturated heterocycles. The highest BCUT2D eigenvalue weighted by atomic mass is 32.1. The Hall–Kier alpha value is -2.17. The molecule has 1 heterocycles. The first-order valence-corrected chi connectivity index (χ1v) is 8.89. The van der Waals surface area contributed by atoms with Crippen molar-refractivity contribution in [3.05, 3.63) is 35.2 Å². The molecule has 0 fully saturated rings. The summed E-state index contributed by atoms with van der Waals surface area (Å²) in [5.41, 5.74) is 1.88. The van der Waals surface area contributed by atoms with E-state index in [1.54, 1.807) is 12.1 Å². The van der Waals surface area contributed by atoms with Crippen molar-refractivity contribution >= 4 is 22.4 Å². The van der Waals surface area contributed by atoms with Gasteiger partial charge in [0.15, 0.2) is 5.13 Å². The van der Waals surface area contributed by atoms with E-state index in [0.29, 0.717) is 22.8 Å². The number of hydrogen-bond acceptors (Lipinski definition) is 3. The first-order valence-electron chi connectivity index (χ1n) is 8.01. The van der Waals surface area contributed by atoms with Crippen LogP contribution >= 0.6 is 11.3 Å². The topological polar surface area (TPSA) is 42.0 Å². The minimum Gasteiger partial charge on any atom is -0.296 e. The summed E-state index contributed by atoms with van der Waals surface area (Å²) in [6, 6.07) is 7.07. The zero-order chi connectivity index (χ0) is 21.3. The zero-order valence-corrected chi connectivity index (χ0v) is 15.4. The number of nitrogens with zero attached hydrogens (tertiary/aromatic N) is 1. The van der Waals surface area contributed by atoms with E-state index in [2.05, 4.69) is 4.98 Å². The highest BCUT2D eigenvalue weighted by molar-refractivity contribution is 7.14. The number of halogens is 7. The van der Waals surface area contributed by atoms with Crippen molar-refractivity contribution in [2.75, 3.05) is 5.32 Å². The number of thiazole rings is 1. The largest absolute Gasteiger partial charge is 0.460 e. The van der Waals surface area contributed by atoms with Crippen molar-refractivity contribution < 1.29 is 35.5 Å². The summed E-state index contributed by atoms with van der Waals surface area (Å²) in [5, 5.41) is 2.16. The van der Waals surface area contributed by atoms with Crippen LogP contribution in [0, 0.1) is 0 Å². The Balaban J connectivity index is 2.17. The van der Waals surface area contributed by atoms with Crippen LogP contribution in [0.25, 0.3) is 11.3 Å². The molecule has 0 radical (unpaired) electrons. The smallest absolute Gasteiger partial charge is 0.296 e. The van der Waals surface area contributed by atoms with E-state index in [0.717, 1.165) is 12.0 Å². The van der Waals surface area contributed by atoms with Gasteiger partial charge in [-0.3, -0.25) is 10.1 Å². The van der Waals surface area contributed by atoms with Crippen LogP contribution in [0.1, 0.15) is 31.7 Å². The highest BCUT2D eigenvalue weighted by Gasteiger charge is 2.76. The molecule has 1 aromatic carbocycles. The summed E-state index contributed by atoms with van der Waals surface area (Å²) in [6.45, 7) is 4.05. The Morgan fingerprint density at radius 1 is 1.11 bits per heavy atom. The van der Waals surface area contributed by atoms with Crippen molar-refractivity contribution in [1.82, 2.24) is 4.98 Å². The van der Waals surface area contributed by atoms with Gasteiger partial charge < -0.3 is 0 Å². The molecule has 11 heteroatoms. The van der Waals surface area contributed by atoms with Crippen molar-refractivity contribution in [1.29, 1.82) is 0 Å². The van der Waals surface area contributed by atoms with Crippen molar-refractivity contribution in [3.63, 3.8) is 0 Å². The van der Waals surface area contributed by atoms with E-state index in [1.807, 2.05) is 26.0 Å². The molecule has 2 aromatic rings. The first kappa shape index (κ1) is 22.1. The number of carbonyl (C=O) groups excluding carboxylic acids is 1. The van der Waals surface area contributed by atoms with E-state index in [9.17, 15) is 35.5 Å². The third-order valence-corrected chi connectivity index (χ3v) is 4.91. The van der Waals surface area contributed by atoms with E-state index in [1.165, 1.54) is 10.7 Å². The van der Waals surface area contributed by atoms with Gasteiger partial charge in [0, 0.05) is 10.9 Å². The standard InChI is InChI=1S/C17H15F7N2OS/c1-3-9(2)10-4-6-11(7-5-10)12-8-28-14(25-12)26-13(27)15(18,19)16(20,21)17(22,23)24/h4-9H,3H2,1-2H3,(H,25,26,27). The zero-order valence-electron chi connectivity index (χ0n) is 14.6. The Morgan fingerprint density at radius 2 is 1.68 bits per heavy atom. The number of anilines is 1. The van der Waals surface area contributed by atoms with Gasteiger partial charge in [0.05, 0.1) is 5.69 Å². The Labute approximate surface area is 159 Å². The fourth-order valence-corrected chi connectivity index (χ4v) is 2.89. The highest BCUT2D eigenvalue weighted by Crippen LogP contribution is 2.47.